The van der Waals surface area contributed by atoms with Crippen LogP contribution in [0, 0.1) is 0 Å². The van der Waals surface area contributed by atoms with Gasteiger partial charge in [-0.1, -0.05) is 24.3 Å². The average Bonchev–Trinajstić information content (AvgIpc) is 3.21. The Morgan fingerprint density at radius 2 is 1.90 bits per heavy atom. The third kappa shape index (κ3) is 4.58. The molecule has 1 aliphatic heterocycles. The van der Waals surface area contributed by atoms with E-state index in [0.717, 1.165) is 65.7 Å². The van der Waals surface area contributed by atoms with Crippen molar-refractivity contribution in [1.29, 1.82) is 0 Å². The molecule has 29 heavy (non-hydrogen) atoms. The zero-order chi connectivity index (χ0) is 20.1. The number of fused-ring (bicyclic) bond motifs is 2. The topological polar surface area (TPSA) is 71.5 Å². The molecule has 0 amide bonds. The molecule has 3 aromatic rings. The lowest BCUT2D eigenvalue weighted by atomic mass is 10.1. The van der Waals surface area contributed by atoms with Crippen molar-refractivity contribution in [3.05, 3.63) is 53.9 Å². The van der Waals surface area contributed by atoms with Gasteiger partial charge in [0, 0.05) is 24.0 Å². The quantitative estimate of drug-likeness (QED) is 0.542. The van der Waals surface area contributed by atoms with E-state index < -0.39 is 0 Å². The van der Waals surface area contributed by atoms with Gasteiger partial charge in [0.05, 0.1) is 12.1 Å². The van der Waals surface area contributed by atoms with Gasteiger partial charge in [-0.3, -0.25) is 4.90 Å². The zero-order valence-corrected chi connectivity index (χ0v) is 16.9. The van der Waals surface area contributed by atoms with Crippen LogP contribution < -0.4 is 20.1 Å². The first kappa shape index (κ1) is 19.4. The largest absolute Gasteiger partial charge is 0.454 e. The average molecular weight is 393 g/mol. The monoisotopic (exact) mass is 393 g/mol. The molecule has 0 unspecified atom stereocenters. The van der Waals surface area contributed by atoms with Crippen LogP contribution in [0.1, 0.15) is 17.8 Å². The van der Waals surface area contributed by atoms with E-state index in [9.17, 15) is 0 Å². The van der Waals surface area contributed by atoms with Gasteiger partial charge in [-0.2, -0.15) is 0 Å². The van der Waals surface area contributed by atoms with E-state index in [1.165, 1.54) is 0 Å². The Labute approximate surface area is 171 Å². The molecular formula is C22H27N5O2. The van der Waals surface area contributed by atoms with E-state index in [4.69, 9.17) is 19.4 Å². The van der Waals surface area contributed by atoms with E-state index in [0.29, 0.717) is 6.54 Å². The number of hydrogen-bond acceptors (Lipinski definition) is 7. The van der Waals surface area contributed by atoms with Crippen molar-refractivity contribution in [3.63, 3.8) is 0 Å². The van der Waals surface area contributed by atoms with Crippen LogP contribution in [0.5, 0.6) is 11.5 Å². The Morgan fingerprint density at radius 3 is 2.79 bits per heavy atom. The van der Waals surface area contributed by atoms with Gasteiger partial charge in [0.1, 0.15) is 11.6 Å². The highest BCUT2D eigenvalue weighted by Crippen LogP contribution is 2.35. The number of hydrogen-bond donors (Lipinski definition) is 2. The molecule has 7 heteroatoms. The van der Waals surface area contributed by atoms with Gasteiger partial charge in [0.15, 0.2) is 11.5 Å². The lowest BCUT2D eigenvalue weighted by molar-refractivity contribution is 0.172. The fourth-order valence-corrected chi connectivity index (χ4v) is 3.51. The van der Waals surface area contributed by atoms with Gasteiger partial charge in [-0.15, -0.1) is 0 Å². The molecule has 0 aliphatic carbocycles. The Kier molecular flexibility index (Phi) is 6.07. The van der Waals surface area contributed by atoms with Crippen LogP contribution in [0.15, 0.2) is 42.5 Å². The third-order valence-electron chi connectivity index (χ3n) is 4.88. The van der Waals surface area contributed by atoms with Crippen molar-refractivity contribution in [3.8, 4) is 11.5 Å². The summed E-state index contributed by atoms with van der Waals surface area (Å²) in [5, 5.41) is 7.70. The van der Waals surface area contributed by atoms with Crippen molar-refractivity contribution in [1.82, 2.24) is 20.2 Å². The molecule has 0 fully saturated rings. The highest BCUT2D eigenvalue weighted by atomic mass is 16.7. The second kappa shape index (κ2) is 9.07. The molecule has 1 aliphatic rings. The summed E-state index contributed by atoms with van der Waals surface area (Å²) in [6.07, 6.45) is 1.03. The number of benzene rings is 2. The Bertz CT molecular complexity index is 979. The van der Waals surface area contributed by atoms with Gasteiger partial charge in [-0.25, -0.2) is 9.97 Å². The van der Waals surface area contributed by atoms with Crippen LogP contribution in [-0.4, -0.2) is 48.8 Å². The second-order valence-electron chi connectivity index (χ2n) is 7.21. The van der Waals surface area contributed by atoms with E-state index >= 15 is 0 Å². The molecule has 4 rings (SSSR count). The number of aromatic nitrogens is 2. The van der Waals surface area contributed by atoms with Crippen molar-refractivity contribution in [2.75, 3.05) is 39.3 Å². The van der Waals surface area contributed by atoms with Crippen LogP contribution >= 0.6 is 0 Å². The lowest BCUT2D eigenvalue weighted by Gasteiger charge is -2.18. The maximum Gasteiger partial charge on any atom is 0.231 e. The minimum atomic E-state index is 0.284. The molecule has 2 N–H and O–H groups in total. The van der Waals surface area contributed by atoms with E-state index in [1.54, 1.807) is 0 Å². The van der Waals surface area contributed by atoms with Gasteiger partial charge in [-0.05, 0) is 45.3 Å². The van der Waals surface area contributed by atoms with Crippen molar-refractivity contribution in [2.24, 2.45) is 0 Å². The molecule has 152 valence electrons. The van der Waals surface area contributed by atoms with Crippen LogP contribution in [-0.2, 0) is 13.1 Å². The minimum absolute atomic E-state index is 0.284. The van der Waals surface area contributed by atoms with Gasteiger partial charge < -0.3 is 20.1 Å². The first-order valence-corrected chi connectivity index (χ1v) is 9.95. The maximum absolute atomic E-state index is 5.63. The van der Waals surface area contributed by atoms with Crippen LogP contribution in [0.25, 0.3) is 10.9 Å². The molecule has 7 nitrogen and oxygen atoms in total. The van der Waals surface area contributed by atoms with E-state index in [1.807, 2.05) is 37.4 Å². The van der Waals surface area contributed by atoms with Gasteiger partial charge in [0.25, 0.3) is 0 Å². The summed E-state index contributed by atoms with van der Waals surface area (Å²) in [5.41, 5.74) is 2.06. The molecule has 0 saturated heterocycles. The zero-order valence-electron chi connectivity index (χ0n) is 16.9. The number of anilines is 1. The lowest BCUT2D eigenvalue weighted by Crippen LogP contribution is -2.20. The Morgan fingerprint density at radius 1 is 1.00 bits per heavy atom. The van der Waals surface area contributed by atoms with E-state index in [2.05, 4.69) is 34.7 Å². The minimum Gasteiger partial charge on any atom is -0.454 e. The molecule has 0 atom stereocenters. The number of rotatable bonds is 9. The van der Waals surface area contributed by atoms with E-state index in [-0.39, 0.29) is 6.79 Å². The first-order valence-electron chi connectivity index (χ1n) is 9.95. The fraction of sp³-hybridized carbons (Fsp3) is 0.364. The standard InChI is InChI=1S/C22H27N5O2/c1-23-11-6-12-24-22-17-8-3-4-9-18(17)25-20(26-22)14-27(2)13-16-7-5-10-19-21(16)29-15-28-19/h3-5,7-10,23H,6,11-15H2,1-2H3,(H,24,25,26). The third-order valence-corrected chi connectivity index (χ3v) is 4.88. The van der Waals surface area contributed by atoms with Crippen molar-refractivity contribution in [2.45, 2.75) is 19.5 Å². The number of para-hydroxylation sites is 2. The first-order chi connectivity index (χ1) is 14.2. The van der Waals surface area contributed by atoms with Crippen molar-refractivity contribution >= 4 is 16.7 Å². The number of nitrogens with one attached hydrogen (secondary N) is 2. The predicted octanol–water partition coefficient (Wildman–Crippen LogP) is 3.01. The molecule has 0 saturated carbocycles. The predicted molar refractivity (Wildman–Crippen MR) is 114 cm³/mol. The van der Waals surface area contributed by atoms with Gasteiger partial charge >= 0.3 is 0 Å². The normalized spacial score (nSPS) is 12.7. The molecule has 2 aromatic carbocycles. The highest BCUT2D eigenvalue weighted by molar-refractivity contribution is 5.88. The highest BCUT2D eigenvalue weighted by Gasteiger charge is 2.18. The molecule has 1 aromatic heterocycles. The smallest absolute Gasteiger partial charge is 0.231 e. The number of nitrogens with zero attached hydrogens (tertiary/aromatic N) is 3. The maximum atomic E-state index is 5.63. The van der Waals surface area contributed by atoms with Crippen LogP contribution in [0.4, 0.5) is 5.82 Å². The van der Waals surface area contributed by atoms with Crippen molar-refractivity contribution < 1.29 is 9.47 Å². The fourth-order valence-electron chi connectivity index (χ4n) is 3.51. The summed E-state index contributed by atoms with van der Waals surface area (Å²) in [6, 6.07) is 14.1. The molecule has 0 spiro atoms. The summed E-state index contributed by atoms with van der Waals surface area (Å²) >= 11 is 0. The van der Waals surface area contributed by atoms with Crippen LogP contribution in [0.2, 0.25) is 0 Å². The summed E-state index contributed by atoms with van der Waals surface area (Å²) < 4.78 is 11.1. The Balaban J connectivity index is 1.50. The number of ether oxygens (including phenoxy) is 2. The Hall–Kier alpha value is -2.90. The summed E-state index contributed by atoms with van der Waals surface area (Å²) in [6.45, 7) is 3.49. The summed E-state index contributed by atoms with van der Waals surface area (Å²) in [5.74, 6) is 3.34. The van der Waals surface area contributed by atoms with Crippen LogP contribution in [0.3, 0.4) is 0 Å². The van der Waals surface area contributed by atoms with Gasteiger partial charge in [0.2, 0.25) is 6.79 Å². The summed E-state index contributed by atoms with van der Waals surface area (Å²) in [7, 11) is 4.03. The summed E-state index contributed by atoms with van der Waals surface area (Å²) in [4.78, 5) is 11.8. The second-order valence-corrected chi connectivity index (χ2v) is 7.21. The molecule has 2 heterocycles. The SMILES string of the molecule is CNCCCNc1nc(CN(C)Cc2cccc3c2OCO3)nc2ccccc12. The molecule has 0 radical (unpaired) electrons. The molecular weight excluding hydrogens is 366 g/mol. The molecule has 0 bridgehead atoms.